The van der Waals surface area contributed by atoms with Gasteiger partial charge in [0.05, 0.1) is 29.9 Å². The Balaban J connectivity index is 1.81. The fraction of sp³-hybridized carbons (Fsp3) is 0.324. The molecule has 0 saturated carbocycles. The van der Waals surface area contributed by atoms with E-state index in [1.807, 2.05) is 48.7 Å². The smallest absolute Gasteiger partial charge is 0.305 e. The van der Waals surface area contributed by atoms with Gasteiger partial charge < -0.3 is 29.9 Å². The Labute approximate surface area is 273 Å². The molecule has 0 saturated heterocycles. The van der Waals surface area contributed by atoms with Crippen LogP contribution in [0.5, 0.6) is 0 Å². The summed E-state index contributed by atoms with van der Waals surface area (Å²) < 4.78 is 21.3. The summed E-state index contributed by atoms with van der Waals surface area (Å²) in [7, 11) is 0. The number of anilines is 1. The van der Waals surface area contributed by atoms with Crippen molar-refractivity contribution in [2.75, 3.05) is 5.32 Å². The van der Waals surface area contributed by atoms with Crippen molar-refractivity contribution in [2.24, 2.45) is 0 Å². The molecular formula is C37H41FN2O7. The quantitative estimate of drug-likeness (QED) is 0.105. The van der Waals surface area contributed by atoms with Crippen molar-refractivity contribution in [3.8, 4) is 22.4 Å². The number of aliphatic hydroxyl groups is 2. The SMILES string of the molecule is CCC(=O)OCc1ccc(NC(=O)c2c(-c3ccccc3)c(-c3ccc(F)cc3)n(CC[C@@H](O)C[C@@H](O)CC(=O)O)c2C(C)C)cc1. The van der Waals surface area contributed by atoms with Gasteiger partial charge in [0.1, 0.15) is 12.4 Å². The average molecular weight is 645 g/mol. The summed E-state index contributed by atoms with van der Waals surface area (Å²) in [5.41, 5.74) is 5.16. The van der Waals surface area contributed by atoms with Crippen molar-refractivity contribution in [3.05, 3.63) is 102 Å². The molecule has 0 fully saturated rings. The highest BCUT2D eigenvalue weighted by molar-refractivity contribution is 6.12. The summed E-state index contributed by atoms with van der Waals surface area (Å²) in [6.07, 6.45) is -2.38. The van der Waals surface area contributed by atoms with Crippen LogP contribution in [0, 0.1) is 5.82 Å². The molecule has 0 aliphatic heterocycles. The molecule has 9 nitrogen and oxygen atoms in total. The molecule has 47 heavy (non-hydrogen) atoms. The summed E-state index contributed by atoms with van der Waals surface area (Å²) in [4.78, 5) is 36.9. The zero-order valence-electron chi connectivity index (χ0n) is 26.8. The molecule has 0 aliphatic rings. The predicted octanol–water partition coefficient (Wildman–Crippen LogP) is 6.77. The van der Waals surface area contributed by atoms with E-state index in [0.29, 0.717) is 33.8 Å². The lowest BCUT2D eigenvalue weighted by Gasteiger charge is -2.20. The minimum atomic E-state index is -1.21. The lowest BCUT2D eigenvalue weighted by molar-refractivity contribution is -0.144. The highest BCUT2D eigenvalue weighted by Crippen LogP contribution is 2.42. The van der Waals surface area contributed by atoms with Crippen LogP contribution in [0.4, 0.5) is 10.1 Å². The monoisotopic (exact) mass is 644 g/mol. The number of rotatable bonds is 15. The number of carboxylic acid groups (broad SMARTS) is 1. The molecule has 1 amide bonds. The maximum absolute atomic E-state index is 14.3. The van der Waals surface area contributed by atoms with Crippen molar-refractivity contribution in [2.45, 2.75) is 77.7 Å². The average Bonchev–Trinajstić information content (AvgIpc) is 3.39. The van der Waals surface area contributed by atoms with Crippen molar-refractivity contribution >= 4 is 23.5 Å². The molecule has 3 aromatic carbocycles. The van der Waals surface area contributed by atoms with Gasteiger partial charge in [0.25, 0.3) is 5.91 Å². The van der Waals surface area contributed by atoms with Crippen molar-refractivity contribution in [1.29, 1.82) is 0 Å². The first-order chi connectivity index (χ1) is 22.5. The molecule has 0 spiro atoms. The summed E-state index contributed by atoms with van der Waals surface area (Å²) >= 11 is 0. The van der Waals surface area contributed by atoms with Crippen LogP contribution in [0.1, 0.15) is 74.0 Å². The van der Waals surface area contributed by atoms with Crippen molar-refractivity contribution < 1.29 is 38.8 Å². The largest absolute Gasteiger partial charge is 0.481 e. The number of hydrogen-bond acceptors (Lipinski definition) is 6. The van der Waals surface area contributed by atoms with Crippen LogP contribution in [0.3, 0.4) is 0 Å². The molecule has 1 aromatic heterocycles. The second kappa shape index (κ2) is 16.2. The maximum Gasteiger partial charge on any atom is 0.305 e. The second-order valence-electron chi connectivity index (χ2n) is 11.8. The molecule has 1 heterocycles. The van der Waals surface area contributed by atoms with E-state index in [-0.39, 0.29) is 50.2 Å². The number of benzene rings is 3. The Hall–Kier alpha value is -4.80. The Morgan fingerprint density at radius 2 is 1.55 bits per heavy atom. The number of carbonyl (C=O) groups is 3. The minimum absolute atomic E-state index is 0.122. The number of esters is 1. The Kier molecular flexibility index (Phi) is 12.1. The highest BCUT2D eigenvalue weighted by Gasteiger charge is 2.31. The first-order valence-corrected chi connectivity index (χ1v) is 15.7. The van der Waals surface area contributed by atoms with E-state index in [2.05, 4.69) is 5.32 Å². The van der Waals surface area contributed by atoms with E-state index < -0.39 is 30.4 Å². The normalized spacial score (nSPS) is 12.5. The third-order valence-electron chi connectivity index (χ3n) is 7.80. The second-order valence-corrected chi connectivity index (χ2v) is 11.8. The first kappa shape index (κ1) is 35.1. The fourth-order valence-electron chi connectivity index (χ4n) is 5.63. The van der Waals surface area contributed by atoms with Gasteiger partial charge in [0, 0.05) is 29.9 Å². The number of ether oxygens (including phenoxy) is 1. The number of nitrogens with one attached hydrogen (secondary N) is 1. The van der Waals surface area contributed by atoms with E-state index in [9.17, 15) is 29.0 Å². The van der Waals surface area contributed by atoms with Gasteiger partial charge in [0.15, 0.2) is 0 Å². The van der Waals surface area contributed by atoms with Crippen LogP contribution in [0.25, 0.3) is 22.4 Å². The topological polar surface area (TPSA) is 138 Å². The van der Waals surface area contributed by atoms with Crippen molar-refractivity contribution in [1.82, 2.24) is 4.57 Å². The number of amides is 1. The minimum Gasteiger partial charge on any atom is -0.481 e. The standard InChI is InChI=1S/C37H41FN2O7/c1-4-32(45)47-22-24-10-16-28(17-11-24)39-37(46)34-33(25-8-6-5-7-9-25)36(26-12-14-27(38)15-13-26)40(35(34)23(2)3)19-18-29(41)20-30(42)21-31(43)44/h5-17,23,29-30,41-42H,4,18-22H2,1-3H3,(H,39,46)(H,43,44)/t29-,30-/m1/s1. The summed E-state index contributed by atoms with van der Waals surface area (Å²) in [5, 5.41) is 33.0. The maximum atomic E-state index is 14.3. The third kappa shape index (κ3) is 9.15. The van der Waals surface area contributed by atoms with Gasteiger partial charge >= 0.3 is 11.9 Å². The molecule has 10 heteroatoms. The molecule has 2 atom stereocenters. The Morgan fingerprint density at radius 1 is 0.894 bits per heavy atom. The lowest BCUT2D eigenvalue weighted by Crippen LogP contribution is -2.22. The number of aliphatic carboxylic acids is 1. The summed E-state index contributed by atoms with van der Waals surface area (Å²) in [6.45, 7) is 6.01. The number of carbonyl (C=O) groups excluding carboxylic acids is 2. The Morgan fingerprint density at radius 3 is 2.15 bits per heavy atom. The van der Waals surface area contributed by atoms with Gasteiger partial charge in [-0.3, -0.25) is 14.4 Å². The zero-order chi connectivity index (χ0) is 34.1. The van der Waals surface area contributed by atoms with Gasteiger partial charge in [-0.2, -0.15) is 0 Å². The van der Waals surface area contributed by atoms with Gasteiger partial charge in [-0.25, -0.2) is 4.39 Å². The van der Waals surface area contributed by atoms with E-state index in [1.54, 1.807) is 43.3 Å². The molecule has 4 rings (SSSR count). The predicted molar refractivity (Wildman–Crippen MR) is 177 cm³/mol. The number of aliphatic hydroxyl groups excluding tert-OH is 2. The number of nitrogens with zero attached hydrogens (tertiary/aromatic N) is 1. The van der Waals surface area contributed by atoms with E-state index in [1.165, 1.54) is 12.1 Å². The number of halogens is 1. The molecule has 0 bridgehead atoms. The van der Waals surface area contributed by atoms with Crippen LogP contribution in [-0.4, -0.2) is 49.9 Å². The van der Waals surface area contributed by atoms with Gasteiger partial charge in [-0.1, -0.05) is 63.2 Å². The number of carboxylic acids is 1. The molecule has 0 unspecified atom stereocenters. The molecule has 0 aliphatic carbocycles. The molecule has 248 valence electrons. The lowest BCUT2D eigenvalue weighted by atomic mass is 9.94. The molecular weight excluding hydrogens is 603 g/mol. The molecule has 0 radical (unpaired) electrons. The van der Waals surface area contributed by atoms with E-state index in [4.69, 9.17) is 9.84 Å². The highest BCUT2D eigenvalue weighted by atomic mass is 19.1. The fourth-order valence-corrected chi connectivity index (χ4v) is 5.63. The van der Waals surface area contributed by atoms with Crippen LogP contribution in [-0.2, 0) is 27.5 Å². The van der Waals surface area contributed by atoms with Gasteiger partial charge in [0.2, 0.25) is 0 Å². The number of aromatic nitrogens is 1. The summed E-state index contributed by atoms with van der Waals surface area (Å²) in [5.74, 6) is -2.41. The van der Waals surface area contributed by atoms with Crippen molar-refractivity contribution in [3.63, 3.8) is 0 Å². The van der Waals surface area contributed by atoms with Crippen LogP contribution >= 0.6 is 0 Å². The van der Waals surface area contributed by atoms with E-state index in [0.717, 1.165) is 11.1 Å². The number of hydrogen-bond donors (Lipinski definition) is 4. The van der Waals surface area contributed by atoms with Crippen LogP contribution < -0.4 is 5.32 Å². The van der Waals surface area contributed by atoms with Crippen LogP contribution in [0.2, 0.25) is 0 Å². The van der Waals surface area contributed by atoms with Gasteiger partial charge in [-0.05, 0) is 71.8 Å². The summed E-state index contributed by atoms with van der Waals surface area (Å²) in [6, 6.07) is 22.4. The first-order valence-electron chi connectivity index (χ1n) is 15.7. The molecule has 4 aromatic rings. The Bertz CT molecular complexity index is 1670. The zero-order valence-corrected chi connectivity index (χ0v) is 26.8. The third-order valence-corrected chi connectivity index (χ3v) is 7.80. The van der Waals surface area contributed by atoms with E-state index >= 15 is 0 Å². The van der Waals surface area contributed by atoms with Crippen LogP contribution in [0.15, 0.2) is 78.9 Å². The van der Waals surface area contributed by atoms with Gasteiger partial charge in [-0.15, -0.1) is 0 Å². The molecule has 4 N–H and O–H groups in total.